The van der Waals surface area contributed by atoms with Crippen molar-refractivity contribution in [1.82, 2.24) is 5.32 Å². The van der Waals surface area contributed by atoms with Gasteiger partial charge in [0.05, 0.1) is 13.7 Å². The Morgan fingerprint density at radius 3 is 2.65 bits per heavy atom. The van der Waals surface area contributed by atoms with E-state index < -0.39 is 0 Å². The molecule has 0 aromatic heterocycles. The first kappa shape index (κ1) is 14.5. The van der Waals surface area contributed by atoms with Gasteiger partial charge in [-0.25, -0.2) is 0 Å². The molecule has 4 nitrogen and oxygen atoms in total. The number of esters is 1. The van der Waals surface area contributed by atoms with Crippen LogP contribution < -0.4 is 5.32 Å². The van der Waals surface area contributed by atoms with Gasteiger partial charge in [-0.1, -0.05) is 13.8 Å². The maximum absolute atomic E-state index is 11.5. The lowest BCUT2D eigenvalue weighted by Crippen LogP contribution is -2.42. The van der Waals surface area contributed by atoms with E-state index in [9.17, 15) is 4.79 Å². The first-order chi connectivity index (χ1) is 8.13. The summed E-state index contributed by atoms with van der Waals surface area (Å²) in [6.07, 6.45) is 4.52. The van der Waals surface area contributed by atoms with Crippen LogP contribution >= 0.6 is 0 Å². The number of carbonyl (C=O) groups is 1. The number of rotatable bonds is 9. The Morgan fingerprint density at radius 1 is 1.41 bits per heavy atom. The SMILES string of the molecule is COC(=O)C(COCCCC(C)C)NC1CC1. The number of nitrogens with one attached hydrogen (secondary N) is 1. The minimum Gasteiger partial charge on any atom is -0.468 e. The maximum atomic E-state index is 11.5. The Bertz CT molecular complexity index is 227. The largest absolute Gasteiger partial charge is 0.468 e. The van der Waals surface area contributed by atoms with Crippen molar-refractivity contribution in [2.75, 3.05) is 20.3 Å². The Balaban J connectivity index is 2.12. The number of hydrogen-bond donors (Lipinski definition) is 1. The Labute approximate surface area is 104 Å². The Morgan fingerprint density at radius 2 is 2.12 bits per heavy atom. The van der Waals surface area contributed by atoms with Gasteiger partial charge in [-0.3, -0.25) is 10.1 Å². The predicted molar refractivity (Wildman–Crippen MR) is 66.9 cm³/mol. The quantitative estimate of drug-likeness (QED) is 0.495. The van der Waals surface area contributed by atoms with Gasteiger partial charge in [0.15, 0.2) is 0 Å². The summed E-state index contributed by atoms with van der Waals surface area (Å²) in [5.74, 6) is 0.486. The first-order valence-corrected chi connectivity index (χ1v) is 6.55. The van der Waals surface area contributed by atoms with E-state index in [0.29, 0.717) is 18.6 Å². The molecule has 1 N–H and O–H groups in total. The summed E-state index contributed by atoms with van der Waals surface area (Å²) in [4.78, 5) is 11.5. The molecule has 100 valence electrons. The predicted octanol–water partition coefficient (Wildman–Crippen LogP) is 1.73. The molecule has 0 aromatic rings. The fourth-order valence-corrected chi connectivity index (χ4v) is 1.66. The minimum absolute atomic E-state index is 0.222. The molecule has 1 aliphatic rings. The van der Waals surface area contributed by atoms with Crippen molar-refractivity contribution in [2.45, 2.75) is 51.6 Å². The molecule has 0 saturated heterocycles. The van der Waals surface area contributed by atoms with Gasteiger partial charge in [0, 0.05) is 12.6 Å². The van der Waals surface area contributed by atoms with Gasteiger partial charge >= 0.3 is 5.97 Å². The fourth-order valence-electron chi connectivity index (χ4n) is 1.66. The van der Waals surface area contributed by atoms with Crippen LogP contribution in [0.5, 0.6) is 0 Å². The van der Waals surface area contributed by atoms with Crippen LogP contribution in [-0.2, 0) is 14.3 Å². The molecule has 1 fully saturated rings. The van der Waals surface area contributed by atoms with Gasteiger partial charge in [-0.2, -0.15) is 0 Å². The summed E-state index contributed by atoms with van der Waals surface area (Å²) in [5.41, 5.74) is 0. The van der Waals surface area contributed by atoms with E-state index in [0.717, 1.165) is 25.9 Å². The van der Waals surface area contributed by atoms with Gasteiger partial charge in [-0.05, 0) is 31.6 Å². The highest BCUT2D eigenvalue weighted by molar-refractivity contribution is 5.75. The summed E-state index contributed by atoms with van der Waals surface area (Å²) in [6, 6.07) is 0.185. The highest BCUT2D eigenvalue weighted by atomic mass is 16.5. The second-order valence-electron chi connectivity index (χ2n) is 5.13. The van der Waals surface area contributed by atoms with Crippen LogP contribution in [0.25, 0.3) is 0 Å². The second kappa shape index (κ2) is 7.67. The third-order valence-corrected chi connectivity index (χ3v) is 2.85. The first-order valence-electron chi connectivity index (χ1n) is 6.55. The van der Waals surface area contributed by atoms with E-state index in [-0.39, 0.29) is 12.0 Å². The summed E-state index contributed by atoms with van der Waals surface area (Å²) in [5, 5.41) is 3.24. The average Bonchev–Trinajstić information content (AvgIpc) is 3.09. The van der Waals surface area contributed by atoms with Gasteiger partial charge < -0.3 is 9.47 Å². The third-order valence-electron chi connectivity index (χ3n) is 2.85. The lowest BCUT2D eigenvalue weighted by Gasteiger charge is -2.16. The van der Waals surface area contributed by atoms with E-state index in [4.69, 9.17) is 9.47 Å². The Hall–Kier alpha value is -0.610. The van der Waals surface area contributed by atoms with Crippen molar-refractivity contribution in [3.05, 3.63) is 0 Å². The summed E-state index contributed by atoms with van der Waals surface area (Å²) in [6.45, 7) is 5.54. The molecule has 0 aromatic carbocycles. The molecule has 0 amide bonds. The van der Waals surface area contributed by atoms with Crippen LogP contribution in [0.2, 0.25) is 0 Å². The molecule has 1 atom stereocenters. The van der Waals surface area contributed by atoms with Gasteiger partial charge in [0.1, 0.15) is 6.04 Å². The average molecular weight is 243 g/mol. The van der Waals surface area contributed by atoms with Crippen molar-refractivity contribution >= 4 is 5.97 Å². The van der Waals surface area contributed by atoms with Crippen LogP contribution in [0, 0.1) is 5.92 Å². The second-order valence-corrected chi connectivity index (χ2v) is 5.13. The monoisotopic (exact) mass is 243 g/mol. The number of carbonyl (C=O) groups excluding carboxylic acids is 1. The fraction of sp³-hybridized carbons (Fsp3) is 0.923. The van der Waals surface area contributed by atoms with Crippen molar-refractivity contribution in [3.63, 3.8) is 0 Å². The zero-order valence-electron chi connectivity index (χ0n) is 11.2. The van der Waals surface area contributed by atoms with Crippen LogP contribution in [0.1, 0.15) is 39.5 Å². The molecule has 1 saturated carbocycles. The highest BCUT2D eigenvalue weighted by Crippen LogP contribution is 2.19. The molecule has 0 radical (unpaired) electrons. The van der Waals surface area contributed by atoms with E-state index in [1.807, 2.05) is 0 Å². The van der Waals surface area contributed by atoms with Crippen LogP contribution in [0.4, 0.5) is 0 Å². The molecule has 1 rings (SSSR count). The van der Waals surface area contributed by atoms with E-state index >= 15 is 0 Å². The molecule has 0 spiro atoms. The standard InChI is InChI=1S/C13H25NO3/c1-10(2)5-4-8-17-9-12(13(15)16-3)14-11-6-7-11/h10-12,14H,4-9H2,1-3H3. The van der Waals surface area contributed by atoms with Crippen molar-refractivity contribution in [1.29, 1.82) is 0 Å². The number of hydrogen-bond acceptors (Lipinski definition) is 4. The van der Waals surface area contributed by atoms with E-state index in [1.54, 1.807) is 0 Å². The lowest BCUT2D eigenvalue weighted by molar-refractivity contribution is -0.144. The zero-order valence-corrected chi connectivity index (χ0v) is 11.2. The minimum atomic E-state index is -0.299. The van der Waals surface area contributed by atoms with Gasteiger partial charge in [0.2, 0.25) is 0 Å². The van der Waals surface area contributed by atoms with Crippen molar-refractivity contribution in [2.24, 2.45) is 5.92 Å². The molecule has 0 aliphatic heterocycles. The Kier molecular flexibility index (Phi) is 6.52. The van der Waals surface area contributed by atoms with Gasteiger partial charge in [-0.15, -0.1) is 0 Å². The summed E-state index contributed by atoms with van der Waals surface area (Å²) >= 11 is 0. The molecule has 4 heteroatoms. The zero-order chi connectivity index (χ0) is 12.7. The van der Waals surface area contributed by atoms with Crippen LogP contribution in [0.15, 0.2) is 0 Å². The smallest absolute Gasteiger partial charge is 0.325 e. The van der Waals surface area contributed by atoms with Crippen molar-refractivity contribution < 1.29 is 14.3 Å². The van der Waals surface area contributed by atoms with Crippen molar-refractivity contribution in [3.8, 4) is 0 Å². The van der Waals surface area contributed by atoms with Crippen LogP contribution in [-0.4, -0.2) is 38.4 Å². The number of methoxy groups -OCH3 is 1. The lowest BCUT2D eigenvalue weighted by atomic mass is 10.1. The normalized spacial score (nSPS) is 17.2. The van der Waals surface area contributed by atoms with E-state index in [2.05, 4.69) is 19.2 Å². The molecule has 0 heterocycles. The topological polar surface area (TPSA) is 47.6 Å². The molecular weight excluding hydrogens is 218 g/mol. The third kappa shape index (κ3) is 6.64. The highest BCUT2D eigenvalue weighted by Gasteiger charge is 2.28. The molecule has 1 unspecified atom stereocenters. The van der Waals surface area contributed by atoms with E-state index in [1.165, 1.54) is 13.5 Å². The van der Waals surface area contributed by atoms with Crippen LogP contribution in [0.3, 0.4) is 0 Å². The molecule has 1 aliphatic carbocycles. The summed E-state index contributed by atoms with van der Waals surface area (Å²) < 4.78 is 10.3. The molecule has 0 bridgehead atoms. The summed E-state index contributed by atoms with van der Waals surface area (Å²) in [7, 11) is 1.42. The molecular formula is C13H25NO3. The van der Waals surface area contributed by atoms with Gasteiger partial charge in [0.25, 0.3) is 0 Å². The molecule has 17 heavy (non-hydrogen) atoms. The maximum Gasteiger partial charge on any atom is 0.325 e. The number of ether oxygens (including phenoxy) is 2.